The summed E-state index contributed by atoms with van der Waals surface area (Å²) in [7, 11) is 0. The van der Waals surface area contributed by atoms with Gasteiger partial charge in [0.05, 0.1) is 18.3 Å². The lowest BCUT2D eigenvalue weighted by molar-refractivity contribution is -0.139. The van der Waals surface area contributed by atoms with Crippen LogP contribution in [0, 0.1) is 0 Å². The molecule has 0 aliphatic carbocycles. The minimum Gasteiger partial charge on any atom is -0.394 e. The van der Waals surface area contributed by atoms with Crippen LogP contribution in [0.1, 0.15) is 24.5 Å². The molecule has 94 valence electrons. The van der Waals surface area contributed by atoms with Crippen molar-refractivity contribution in [2.75, 3.05) is 19.7 Å². The Kier molecular flexibility index (Phi) is 3.07. The summed E-state index contributed by atoms with van der Waals surface area (Å²) in [6.07, 6.45) is -0.380. The Bertz CT molecular complexity index is 391. The monoisotopic (exact) mass is 241 g/mol. The number of aliphatic hydroxyl groups is 1. The molecule has 1 aromatic heterocycles. The van der Waals surface area contributed by atoms with Crippen LogP contribution in [0.2, 0.25) is 0 Å². The number of aliphatic hydroxyl groups excluding tert-OH is 1. The molecule has 0 spiro atoms. The highest BCUT2D eigenvalue weighted by molar-refractivity contribution is 5.90. The quantitative estimate of drug-likeness (QED) is 0.674. The zero-order chi connectivity index (χ0) is 12.5. The fourth-order valence-corrected chi connectivity index (χ4v) is 1.94. The predicted octanol–water partition coefficient (Wildman–Crippen LogP) is -1.19. The van der Waals surface area contributed by atoms with Gasteiger partial charge < -0.3 is 14.7 Å². The number of aromatic nitrogens is 4. The van der Waals surface area contributed by atoms with Crippen molar-refractivity contribution >= 4 is 5.91 Å². The van der Waals surface area contributed by atoms with Crippen LogP contribution in [0.3, 0.4) is 0 Å². The van der Waals surface area contributed by atoms with Crippen LogP contribution in [0.25, 0.3) is 0 Å². The maximum absolute atomic E-state index is 12.0. The average molecular weight is 241 g/mol. The van der Waals surface area contributed by atoms with Crippen molar-refractivity contribution in [3.63, 3.8) is 0 Å². The molecule has 1 atom stereocenters. The molecule has 1 aliphatic heterocycles. The smallest absolute Gasteiger partial charge is 0.295 e. The van der Waals surface area contributed by atoms with Gasteiger partial charge >= 0.3 is 0 Å². The zero-order valence-corrected chi connectivity index (χ0v) is 9.75. The lowest BCUT2D eigenvalue weighted by atomic mass is 10.1. The van der Waals surface area contributed by atoms with Gasteiger partial charge in [0, 0.05) is 13.1 Å². The van der Waals surface area contributed by atoms with E-state index in [-0.39, 0.29) is 24.4 Å². The molecule has 0 radical (unpaired) electrons. The molecule has 2 heterocycles. The van der Waals surface area contributed by atoms with Gasteiger partial charge in [-0.15, -0.1) is 10.2 Å². The highest BCUT2D eigenvalue weighted by Gasteiger charge is 2.36. The van der Waals surface area contributed by atoms with Crippen molar-refractivity contribution in [2.45, 2.75) is 25.6 Å². The second-order valence-corrected chi connectivity index (χ2v) is 4.60. The first-order chi connectivity index (χ1) is 8.02. The largest absolute Gasteiger partial charge is 0.394 e. The first-order valence-electron chi connectivity index (χ1n) is 5.33. The minimum absolute atomic E-state index is 0.0272. The van der Waals surface area contributed by atoms with Crippen molar-refractivity contribution in [1.82, 2.24) is 25.5 Å². The zero-order valence-electron chi connectivity index (χ0n) is 9.75. The molecular weight excluding hydrogens is 226 g/mol. The lowest BCUT2D eigenvalue weighted by Crippen LogP contribution is -2.55. The van der Waals surface area contributed by atoms with Gasteiger partial charge in [-0.1, -0.05) is 0 Å². The Morgan fingerprint density at radius 3 is 3.06 bits per heavy atom. The van der Waals surface area contributed by atoms with E-state index >= 15 is 0 Å². The van der Waals surface area contributed by atoms with Crippen LogP contribution in [0.4, 0.5) is 0 Å². The summed E-state index contributed by atoms with van der Waals surface area (Å²) in [6.45, 7) is 4.36. The number of H-pyrrole nitrogens is 1. The molecule has 1 aliphatic rings. The maximum Gasteiger partial charge on any atom is 0.295 e. The number of ether oxygens (including phenoxy) is 1. The van der Waals surface area contributed by atoms with Gasteiger partial charge in [-0.05, 0) is 19.1 Å². The summed E-state index contributed by atoms with van der Waals surface area (Å²) >= 11 is 0. The Morgan fingerprint density at radius 2 is 2.47 bits per heavy atom. The maximum atomic E-state index is 12.0. The fourth-order valence-electron chi connectivity index (χ4n) is 1.94. The number of morpholine rings is 1. The normalized spacial score (nSPS) is 23.7. The van der Waals surface area contributed by atoms with Crippen molar-refractivity contribution in [1.29, 1.82) is 0 Å². The lowest BCUT2D eigenvalue weighted by Gasteiger charge is -2.41. The number of tetrazole rings is 1. The van der Waals surface area contributed by atoms with Gasteiger partial charge in [0.2, 0.25) is 0 Å². The molecule has 17 heavy (non-hydrogen) atoms. The van der Waals surface area contributed by atoms with Crippen molar-refractivity contribution in [3.05, 3.63) is 5.82 Å². The van der Waals surface area contributed by atoms with Gasteiger partial charge in [0.15, 0.2) is 0 Å². The van der Waals surface area contributed by atoms with Crippen molar-refractivity contribution < 1.29 is 14.6 Å². The third-order valence-corrected chi connectivity index (χ3v) is 2.51. The second kappa shape index (κ2) is 4.38. The van der Waals surface area contributed by atoms with E-state index in [1.165, 1.54) is 0 Å². The molecule has 1 unspecified atom stereocenters. The van der Waals surface area contributed by atoms with E-state index in [4.69, 9.17) is 9.84 Å². The van der Waals surface area contributed by atoms with Crippen LogP contribution in [-0.4, -0.2) is 67.9 Å². The number of hydrogen-bond acceptors (Lipinski definition) is 6. The molecule has 1 aromatic rings. The van der Waals surface area contributed by atoms with Gasteiger partial charge in [-0.2, -0.15) is 5.21 Å². The number of aromatic amines is 1. The molecule has 0 saturated carbocycles. The molecule has 0 bridgehead atoms. The highest BCUT2D eigenvalue weighted by Crippen LogP contribution is 2.21. The van der Waals surface area contributed by atoms with Crippen molar-refractivity contribution in [2.24, 2.45) is 0 Å². The summed E-state index contributed by atoms with van der Waals surface area (Å²) in [4.78, 5) is 13.6. The van der Waals surface area contributed by atoms with E-state index in [1.807, 2.05) is 13.8 Å². The molecule has 2 rings (SSSR count). The summed E-state index contributed by atoms with van der Waals surface area (Å²) in [5, 5.41) is 22.0. The number of carbonyl (C=O) groups excluding carboxylic acids is 1. The van der Waals surface area contributed by atoms with Gasteiger partial charge in [0.1, 0.15) is 0 Å². The van der Waals surface area contributed by atoms with Crippen LogP contribution in [0.5, 0.6) is 0 Å². The molecule has 1 fully saturated rings. The van der Waals surface area contributed by atoms with E-state index in [2.05, 4.69) is 20.6 Å². The third kappa shape index (κ3) is 2.59. The van der Waals surface area contributed by atoms with Crippen LogP contribution in [-0.2, 0) is 4.74 Å². The molecule has 1 saturated heterocycles. The topological polar surface area (TPSA) is 104 Å². The number of nitrogens with zero attached hydrogens (tertiary/aromatic N) is 4. The minimum atomic E-state index is -0.495. The average Bonchev–Trinajstić information content (AvgIpc) is 2.79. The highest BCUT2D eigenvalue weighted by atomic mass is 16.5. The van der Waals surface area contributed by atoms with E-state index in [0.29, 0.717) is 13.1 Å². The van der Waals surface area contributed by atoms with Crippen LogP contribution >= 0.6 is 0 Å². The van der Waals surface area contributed by atoms with Crippen molar-refractivity contribution in [3.8, 4) is 0 Å². The van der Waals surface area contributed by atoms with Gasteiger partial charge in [-0.25, -0.2) is 0 Å². The standard InChI is InChI=1S/C9H15N5O3/c1-9(2)5-14(3-6(4-15)17-9)8(16)7-10-12-13-11-7/h6,15H,3-5H2,1-2H3,(H,10,11,12,13). The number of hydrogen-bond donors (Lipinski definition) is 2. The van der Waals surface area contributed by atoms with E-state index in [0.717, 1.165) is 0 Å². The fraction of sp³-hybridized carbons (Fsp3) is 0.778. The number of nitrogens with one attached hydrogen (secondary N) is 1. The Hall–Kier alpha value is -1.54. The van der Waals surface area contributed by atoms with E-state index < -0.39 is 5.60 Å². The SMILES string of the molecule is CC1(C)CN(C(=O)c2nn[nH]n2)CC(CO)O1. The first-order valence-corrected chi connectivity index (χ1v) is 5.33. The summed E-state index contributed by atoms with van der Waals surface area (Å²) in [5.41, 5.74) is -0.495. The number of rotatable bonds is 2. The first kappa shape index (κ1) is 11.9. The second-order valence-electron chi connectivity index (χ2n) is 4.60. The number of carbonyl (C=O) groups is 1. The summed E-state index contributed by atoms with van der Waals surface area (Å²) in [5.74, 6) is -0.284. The summed E-state index contributed by atoms with van der Waals surface area (Å²) in [6, 6.07) is 0. The van der Waals surface area contributed by atoms with Crippen LogP contribution < -0.4 is 0 Å². The van der Waals surface area contributed by atoms with Crippen LogP contribution in [0.15, 0.2) is 0 Å². The third-order valence-electron chi connectivity index (χ3n) is 2.51. The molecule has 0 aromatic carbocycles. The summed E-state index contributed by atoms with van der Waals surface area (Å²) < 4.78 is 5.61. The van der Waals surface area contributed by atoms with Gasteiger partial charge in [0.25, 0.3) is 11.7 Å². The number of amides is 1. The van der Waals surface area contributed by atoms with E-state index in [9.17, 15) is 4.79 Å². The molecule has 1 amide bonds. The molecule has 8 heteroatoms. The molecule has 2 N–H and O–H groups in total. The molecule has 8 nitrogen and oxygen atoms in total. The van der Waals surface area contributed by atoms with E-state index in [1.54, 1.807) is 4.90 Å². The predicted molar refractivity (Wildman–Crippen MR) is 56.1 cm³/mol. The Morgan fingerprint density at radius 1 is 1.71 bits per heavy atom. The van der Waals surface area contributed by atoms with Gasteiger partial charge in [-0.3, -0.25) is 4.79 Å². The Balaban J connectivity index is 2.12. The Labute approximate surface area is 97.9 Å². The molecular formula is C9H15N5O3.